The highest BCUT2D eigenvalue weighted by molar-refractivity contribution is 5.79. The maximum absolute atomic E-state index is 5.74. The molecular weight excluding hydrogens is 332 g/mol. The van der Waals surface area contributed by atoms with Crippen LogP contribution >= 0.6 is 0 Å². The molecule has 26 heavy (non-hydrogen) atoms. The largest absolute Gasteiger partial charge is 0.381 e. The lowest BCUT2D eigenvalue weighted by Crippen LogP contribution is -2.47. The molecule has 0 radical (unpaired) electrons. The quantitative estimate of drug-likeness (QED) is 0.402. The molecular formula is C18H32N6O2. The zero-order chi connectivity index (χ0) is 18.2. The lowest BCUT2D eigenvalue weighted by molar-refractivity contribution is 0.0888. The van der Waals surface area contributed by atoms with Crippen LogP contribution in [0.5, 0.6) is 0 Å². The van der Waals surface area contributed by atoms with Gasteiger partial charge in [0.05, 0.1) is 19.8 Å². The van der Waals surface area contributed by atoms with Gasteiger partial charge in [0.15, 0.2) is 11.8 Å². The molecule has 2 unspecified atom stereocenters. The minimum absolute atomic E-state index is 0.332. The normalized spacial score (nSPS) is 23.1. The molecule has 2 aliphatic rings. The van der Waals surface area contributed by atoms with E-state index in [-0.39, 0.29) is 0 Å². The summed E-state index contributed by atoms with van der Waals surface area (Å²) in [7, 11) is 1.81. The number of fused-ring (bicyclic) bond motifs is 1. The first-order valence-corrected chi connectivity index (χ1v) is 9.83. The van der Waals surface area contributed by atoms with Crippen LogP contribution in [0.15, 0.2) is 4.99 Å². The molecule has 0 amide bonds. The summed E-state index contributed by atoms with van der Waals surface area (Å²) >= 11 is 0. The second-order valence-electron chi connectivity index (χ2n) is 7.02. The van der Waals surface area contributed by atoms with Crippen molar-refractivity contribution in [3.63, 3.8) is 0 Å². The first-order chi connectivity index (χ1) is 12.8. The molecule has 1 saturated heterocycles. The molecule has 3 rings (SSSR count). The maximum Gasteiger partial charge on any atom is 0.191 e. The molecule has 0 saturated carbocycles. The predicted octanol–water partition coefficient (Wildman–Crippen LogP) is 0.764. The molecule has 8 nitrogen and oxygen atoms in total. The third-order valence-electron chi connectivity index (χ3n) is 4.92. The third kappa shape index (κ3) is 5.41. The molecule has 2 N–H and O–H groups in total. The van der Waals surface area contributed by atoms with Gasteiger partial charge in [-0.1, -0.05) is 6.92 Å². The molecule has 146 valence electrons. The lowest BCUT2D eigenvalue weighted by atomic mass is 10.1. The minimum Gasteiger partial charge on any atom is -0.381 e. The van der Waals surface area contributed by atoms with Gasteiger partial charge in [0.25, 0.3) is 0 Å². The van der Waals surface area contributed by atoms with Crippen molar-refractivity contribution in [2.45, 2.75) is 51.6 Å². The van der Waals surface area contributed by atoms with E-state index in [0.29, 0.717) is 12.0 Å². The van der Waals surface area contributed by atoms with E-state index < -0.39 is 0 Å². The van der Waals surface area contributed by atoms with E-state index in [1.807, 2.05) is 11.7 Å². The van der Waals surface area contributed by atoms with Gasteiger partial charge in [-0.05, 0) is 19.3 Å². The van der Waals surface area contributed by atoms with Crippen LogP contribution in [0.3, 0.4) is 0 Å². The monoisotopic (exact) mass is 364 g/mol. The van der Waals surface area contributed by atoms with Crippen LogP contribution in [0.1, 0.15) is 37.8 Å². The van der Waals surface area contributed by atoms with Gasteiger partial charge in [0.2, 0.25) is 0 Å². The number of nitrogens with zero attached hydrogens (tertiary/aromatic N) is 4. The first-order valence-electron chi connectivity index (χ1n) is 9.83. The van der Waals surface area contributed by atoms with Crippen molar-refractivity contribution in [2.24, 2.45) is 10.9 Å². The van der Waals surface area contributed by atoms with E-state index in [1.165, 1.54) is 0 Å². The first kappa shape index (κ1) is 19.1. The Morgan fingerprint density at radius 1 is 1.42 bits per heavy atom. The number of aliphatic imine (C=N–C) groups is 1. The van der Waals surface area contributed by atoms with Gasteiger partial charge in [-0.3, -0.25) is 4.99 Å². The van der Waals surface area contributed by atoms with Gasteiger partial charge in [-0.2, -0.15) is 5.10 Å². The zero-order valence-electron chi connectivity index (χ0n) is 16.0. The molecule has 1 fully saturated rings. The summed E-state index contributed by atoms with van der Waals surface area (Å²) in [6, 6.07) is 0.332. The highest BCUT2D eigenvalue weighted by Gasteiger charge is 2.22. The van der Waals surface area contributed by atoms with Crippen LogP contribution in [0, 0.1) is 5.92 Å². The number of nitrogens with one attached hydrogen (secondary N) is 2. The van der Waals surface area contributed by atoms with Gasteiger partial charge in [-0.25, -0.2) is 9.67 Å². The van der Waals surface area contributed by atoms with Crippen molar-refractivity contribution in [3.8, 4) is 0 Å². The van der Waals surface area contributed by atoms with Gasteiger partial charge in [0, 0.05) is 51.6 Å². The molecule has 0 aliphatic carbocycles. The Morgan fingerprint density at radius 3 is 3.12 bits per heavy atom. The highest BCUT2D eigenvalue weighted by atomic mass is 16.5. The number of aromatic nitrogens is 3. The summed E-state index contributed by atoms with van der Waals surface area (Å²) < 4.78 is 13.1. The summed E-state index contributed by atoms with van der Waals surface area (Å²) in [5.74, 6) is 3.47. The molecule has 1 aromatic heterocycles. The summed E-state index contributed by atoms with van der Waals surface area (Å²) in [5, 5.41) is 11.4. The Hall–Kier alpha value is -1.67. The van der Waals surface area contributed by atoms with Crippen molar-refractivity contribution < 1.29 is 9.47 Å². The molecule has 2 aliphatic heterocycles. The van der Waals surface area contributed by atoms with E-state index in [4.69, 9.17) is 9.47 Å². The van der Waals surface area contributed by atoms with Crippen molar-refractivity contribution >= 4 is 5.96 Å². The summed E-state index contributed by atoms with van der Waals surface area (Å²) in [6.45, 7) is 7.10. The van der Waals surface area contributed by atoms with Crippen LogP contribution < -0.4 is 10.6 Å². The topological polar surface area (TPSA) is 85.6 Å². The SMILES string of the molecule is CCc1nc2n(n1)CC(NC(=NC)NCCCOCC1CCOC1)CC2. The molecule has 0 bridgehead atoms. The Balaban J connectivity index is 1.32. The Morgan fingerprint density at radius 2 is 2.35 bits per heavy atom. The summed E-state index contributed by atoms with van der Waals surface area (Å²) in [5.41, 5.74) is 0. The van der Waals surface area contributed by atoms with Crippen LogP contribution in [-0.2, 0) is 28.9 Å². The Bertz CT molecular complexity index is 582. The fraction of sp³-hybridized carbons (Fsp3) is 0.833. The van der Waals surface area contributed by atoms with Crippen LogP contribution in [0.2, 0.25) is 0 Å². The number of rotatable bonds is 8. The smallest absolute Gasteiger partial charge is 0.191 e. The van der Waals surface area contributed by atoms with Gasteiger partial charge in [-0.15, -0.1) is 0 Å². The summed E-state index contributed by atoms with van der Waals surface area (Å²) in [6.07, 6.45) is 4.99. The average molecular weight is 364 g/mol. The molecule has 1 aromatic rings. The molecule has 2 atom stereocenters. The Kier molecular flexibility index (Phi) is 7.25. The van der Waals surface area contributed by atoms with Gasteiger partial charge >= 0.3 is 0 Å². The van der Waals surface area contributed by atoms with Crippen LogP contribution in [0.4, 0.5) is 0 Å². The van der Waals surface area contributed by atoms with Gasteiger partial charge in [0.1, 0.15) is 5.82 Å². The Labute approximate surface area is 155 Å². The molecule has 8 heteroatoms. The van der Waals surface area contributed by atoms with Crippen molar-refractivity contribution in [1.82, 2.24) is 25.4 Å². The number of aryl methyl sites for hydroxylation is 2. The van der Waals surface area contributed by atoms with E-state index >= 15 is 0 Å². The third-order valence-corrected chi connectivity index (χ3v) is 4.92. The van der Waals surface area contributed by atoms with E-state index in [0.717, 1.165) is 89.2 Å². The lowest BCUT2D eigenvalue weighted by Gasteiger charge is -2.25. The fourth-order valence-corrected chi connectivity index (χ4v) is 3.36. The predicted molar refractivity (Wildman–Crippen MR) is 100 cm³/mol. The van der Waals surface area contributed by atoms with E-state index in [1.54, 1.807) is 0 Å². The standard InChI is InChI=1S/C18H32N6O2/c1-3-16-22-17-6-5-15(11-24(17)23-16)21-18(19-2)20-8-4-9-25-12-14-7-10-26-13-14/h14-15H,3-13H2,1-2H3,(H2,19,20,21). The maximum atomic E-state index is 5.74. The van der Waals surface area contributed by atoms with Crippen LogP contribution in [-0.4, -0.2) is 66.8 Å². The molecule has 3 heterocycles. The number of ether oxygens (including phenoxy) is 2. The van der Waals surface area contributed by atoms with Crippen molar-refractivity contribution in [2.75, 3.05) is 40.0 Å². The van der Waals surface area contributed by atoms with Crippen LogP contribution in [0.25, 0.3) is 0 Å². The highest BCUT2D eigenvalue weighted by Crippen LogP contribution is 2.13. The number of guanidine groups is 1. The number of hydrogen-bond donors (Lipinski definition) is 2. The van der Waals surface area contributed by atoms with Crippen molar-refractivity contribution in [1.29, 1.82) is 0 Å². The summed E-state index contributed by atoms with van der Waals surface area (Å²) in [4.78, 5) is 8.90. The minimum atomic E-state index is 0.332. The van der Waals surface area contributed by atoms with Crippen molar-refractivity contribution in [3.05, 3.63) is 11.6 Å². The zero-order valence-corrected chi connectivity index (χ0v) is 16.0. The van der Waals surface area contributed by atoms with E-state index in [2.05, 4.69) is 32.6 Å². The van der Waals surface area contributed by atoms with E-state index in [9.17, 15) is 0 Å². The van der Waals surface area contributed by atoms with Gasteiger partial charge < -0.3 is 20.1 Å². The second-order valence-corrected chi connectivity index (χ2v) is 7.02. The molecule has 0 spiro atoms. The molecule has 0 aromatic carbocycles. The number of hydrogen-bond acceptors (Lipinski definition) is 5. The second kappa shape index (κ2) is 9.87. The average Bonchev–Trinajstić information content (AvgIpc) is 3.32. The fourth-order valence-electron chi connectivity index (χ4n) is 3.36.